The van der Waals surface area contributed by atoms with Crippen LogP contribution in [-0.4, -0.2) is 37.2 Å². The van der Waals surface area contributed by atoms with E-state index >= 15 is 0 Å². The molecule has 1 aliphatic heterocycles. The molecule has 180 valence electrons. The molecule has 1 aliphatic rings. The zero-order valence-corrected chi connectivity index (χ0v) is 23.1. The fourth-order valence-corrected chi connectivity index (χ4v) is 4.91. The summed E-state index contributed by atoms with van der Waals surface area (Å²) in [6, 6.07) is 10.2. The second kappa shape index (κ2) is 14.8. The largest absolute Gasteiger partial charge is 0.490 e. The third kappa shape index (κ3) is 8.12. The van der Waals surface area contributed by atoms with Gasteiger partial charge in [0, 0.05) is 34.7 Å². The van der Waals surface area contributed by atoms with Crippen LogP contribution in [0.3, 0.4) is 0 Å². The number of hydrogen-bond donors (Lipinski definition) is 1. The van der Waals surface area contributed by atoms with Crippen LogP contribution < -0.4 is 14.8 Å². The molecule has 0 aromatic heterocycles. The zero-order chi connectivity index (χ0) is 21.5. The highest BCUT2D eigenvalue weighted by Crippen LogP contribution is 2.38. The predicted molar refractivity (Wildman–Crippen MR) is 143 cm³/mol. The Hall–Kier alpha value is -0.400. The molecule has 3 rings (SSSR count). The number of halogens is 5. The average Bonchev–Trinajstić information content (AvgIpc) is 3.16. The second-order valence-electron chi connectivity index (χ2n) is 7.42. The van der Waals surface area contributed by atoms with Crippen molar-refractivity contribution in [3.05, 3.63) is 56.0 Å². The third-order valence-electron chi connectivity index (χ3n) is 5.37. The fraction of sp³-hybridized carbons (Fsp3) is 0.478. The highest BCUT2D eigenvalue weighted by atomic mass is 79.9. The van der Waals surface area contributed by atoms with E-state index in [2.05, 4.69) is 39.1 Å². The van der Waals surface area contributed by atoms with Crippen LogP contribution in [0.25, 0.3) is 0 Å². The molecule has 4 nitrogen and oxygen atoms in total. The monoisotopic (exact) mass is 586 g/mol. The van der Waals surface area contributed by atoms with Gasteiger partial charge in [-0.15, -0.1) is 24.8 Å². The number of benzene rings is 2. The normalized spacial score (nSPS) is 15.7. The molecular weight excluding hydrogens is 558 g/mol. The van der Waals surface area contributed by atoms with Gasteiger partial charge in [-0.25, -0.2) is 0 Å². The summed E-state index contributed by atoms with van der Waals surface area (Å²) in [5.74, 6) is 1.41. The van der Waals surface area contributed by atoms with E-state index in [0.29, 0.717) is 35.1 Å². The van der Waals surface area contributed by atoms with Crippen LogP contribution in [0.4, 0.5) is 0 Å². The van der Waals surface area contributed by atoms with Crippen molar-refractivity contribution in [3.8, 4) is 11.5 Å². The average molecular weight is 589 g/mol. The Labute approximate surface area is 222 Å². The number of nitrogens with zero attached hydrogens (tertiary/aromatic N) is 1. The van der Waals surface area contributed by atoms with E-state index in [4.69, 9.17) is 32.7 Å². The molecule has 1 heterocycles. The summed E-state index contributed by atoms with van der Waals surface area (Å²) < 4.78 is 12.8. The van der Waals surface area contributed by atoms with Gasteiger partial charge in [0.05, 0.1) is 11.1 Å². The topological polar surface area (TPSA) is 33.7 Å². The zero-order valence-electron chi connectivity index (χ0n) is 18.3. The van der Waals surface area contributed by atoms with Crippen LogP contribution in [0, 0.1) is 0 Å². The van der Waals surface area contributed by atoms with E-state index in [1.807, 2.05) is 25.1 Å². The summed E-state index contributed by atoms with van der Waals surface area (Å²) in [6.07, 6.45) is 2.57. The first-order valence-electron chi connectivity index (χ1n) is 10.5. The lowest BCUT2D eigenvalue weighted by atomic mass is 10.1. The lowest BCUT2D eigenvalue weighted by Gasteiger charge is -2.23. The van der Waals surface area contributed by atoms with Crippen molar-refractivity contribution < 1.29 is 9.47 Å². The second-order valence-corrected chi connectivity index (χ2v) is 9.12. The number of hydrogen-bond acceptors (Lipinski definition) is 4. The quantitative estimate of drug-likeness (QED) is 0.319. The van der Waals surface area contributed by atoms with Crippen molar-refractivity contribution in [1.29, 1.82) is 0 Å². The Morgan fingerprint density at radius 2 is 1.91 bits per heavy atom. The molecule has 1 unspecified atom stereocenters. The van der Waals surface area contributed by atoms with E-state index in [9.17, 15) is 0 Å². The smallest absolute Gasteiger partial charge is 0.175 e. The van der Waals surface area contributed by atoms with Gasteiger partial charge in [0.2, 0.25) is 0 Å². The molecule has 2 aromatic carbocycles. The van der Waals surface area contributed by atoms with Crippen LogP contribution >= 0.6 is 63.9 Å². The van der Waals surface area contributed by atoms with Crippen molar-refractivity contribution in [1.82, 2.24) is 10.2 Å². The van der Waals surface area contributed by atoms with E-state index < -0.39 is 0 Å². The Kier molecular flexibility index (Phi) is 13.7. The van der Waals surface area contributed by atoms with E-state index in [-0.39, 0.29) is 24.8 Å². The molecule has 1 fully saturated rings. The first-order chi connectivity index (χ1) is 14.5. The molecule has 0 bridgehead atoms. The highest BCUT2D eigenvalue weighted by Gasteiger charge is 2.22. The predicted octanol–water partition coefficient (Wildman–Crippen LogP) is 7.15. The fourth-order valence-electron chi connectivity index (χ4n) is 3.84. The summed E-state index contributed by atoms with van der Waals surface area (Å²) in [4.78, 5) is 2.55. The van der Waals surface area contributed by atoms with Crippen molar-refractivity contribution >= 4 is 63.9 Å². The van der Waals surface area contributed by atoms with Gasteiger partial charge in [-0.1, -0.05) is 36.2 Å². The molecule has 0 saturated carbocycles. The van der Waals surface area contributed by atoms with Gasteiger partial charge < -0.3 is 14.8 Å². The molecule has 0 radical (unpaired) electrons. The summed E-state index contributed by atoms with van der Waals surface area (Å²) in [5, 5.41) is 4.80. The summed E-state index contributed by atoms with van der Waals surface area (Å²) in [7, 11) is 0. The van der Waals surface area contributed by atoms with Gasteiger partial charge in [-0.2, -0.15) is 0 Å². The van der Waals surface area contributed by atoms with Crippen LogP contribution in [0.5, 0.6) is 11.5 Å². The molecule has 2 aromatic rings. The van der Waals surface area contributed by atoms with Crippen molar-refractivity contribution in [3.63, 3.8) is 0 Å². The Bertz CT molecular complexity index is 857. The standard InChI is InChI=1S/C23H29BrCl2N2O2.2ClH/c1-3-28-9-5-6-19(28)14-27-13-16-10-20(24)23(22(11-16)29-4-2)30-15-17-7-8-18(25)12-21(17)26;;/h7-8,10-12,19,27H,3-6,9,13-15H2,1-2H3;2*1H. The molecule has 32 heavy (non-hydrogen) atoms. The van der Waals surface area contributed by atoms with E-state index in [1.54, 1.807) is 6.07 Å². The summed E-state index contributed by atoms with van der Waals surface area (Å²) >= 11 is 15.9. The number of rotatable bonds is 10. The number of likely N-dealkylation sites (N-methyl/N-ethyl adjacent to an activating group) is 1. The molecule has 9 heteroatoms. The van der Waals surface area contributed by atoms with E-state index in [0.717, 1.165) is 41.0 Å². The molecule has 0 aliphatic carbocycles. The van der Waals surface area contributed by atoms with Crippen LogP contribution in [0.2, 0.25) is 10.0 Å². The number of ether oxygens (including phenoxy) is 2. The molecule has 0 spiro atoms. The molecule has 0 amide bonds. The van der Waals surface area contributed by atoms with Crippen molar-refractivity contribution in [2.24, 2.45) is 0 Å². The minimum absolute atomic E-state index is 0. The lowest BCUT2D eigenvalue weighted by Crippen LogP contribution is -2.37. The van der Waals surface area contributed by atoms with Crippen molar-refractivity contribution in [2.75, 3.05) is 26.2 Å². The molecular formula is C23H31BrCl4N2O2. The Morgan fingerprint density at radius 3 is 2.59 bits per heavy atom. The maximum absolute atomic E-state index is 6.27. The Balaban J connectivity index is 0.00000256. The molecule has 1 N–H and O–H groups in total. The lowest BCUT2D eigenvalue weighted by molar-refractivity contribution is 0.259. The van der Waals surface area contributed by atoms with Gasteiger partial charge in [0.15, 0.2) is 11.5 Å². The van der Waals surface area contributed by atoms with Gasteiger partial charge in [0.1, 0.15) is 6.61 Å². The SMILES string of the molecule is CCOc1cc(CNCC2CCCN2CC)cc(Br)c1OCc1ccc(Cl)cc1Cl.Cl.Cl. The van der Waals surface area contributed by atoms with Crippen LogP contribution in [0.15, 0.2) is 34.8 Å². The van der Waals surface area contributed by atoms with Crippen LogP contribution in [-0.2, 0) is 13.2 Å². The van der Waals surface area contributed by atoms with Gasteiger partial charge in [-0.3, -0.25) is 4.90 Å². The Morgan fingerprint density at radius 1 is 1.12 bits per heavy atom. The molecule has 1 atom stereocenters. The first kappa shape index (κ1) is 29.6. The maximum atomic E-state index is 6.27. The van der Waals surface area contributed by atoms with Crippen LogP contribution in [0.1, 0.15) is 37.8 Å². The maximum Gasteiger partial charge on any atom is 0.175 e. The third-order valence-corrected chi connectivity index (χ3v) is 6.55. The minimum atomic E-state index is 0. The van der Waals surface area contributed by atoms with Crippen molar-refractivity contribution in [2.45, 2.75) is 45.9 Å². The summed E-state index contributed by atoms with van der Waals surface area (Å²) in [6.45, 7) is 9.23. The van der Waals surface area contributed by atoms with Gasteiger partial charge in [-0.05, 0) is 78.6 Å². The van der Waals surface area contributed by atoms with E-state index in [1.165, 1.54) is 19.4 Å². The molecule has 1 saturated heterocycles. The summed E-state index contributed by atoms with van der Waals surface area (Å²) in [5.41, 5.74) is 2.03. The minimum Gasteiger partial charge on any atom is -0.490 e. The number of nitrogens with one attached hydrogen (secondary N) is 1. The highest BCUT2D eigenvalue weighted by molar-refractivity contribution is 9.10. The first-order valence-corrected chi connectivity index (χ1v) is 12.0. The van der Waals surface area contributed by atoms with Gasteiger partial charge in [0.25, 0.3) is 0 Å². The number of likely N-dealkylation sites (tertiary alicyclic amines) is 1. The van der Waals surface area contributed by atoms with Gasteiger partial charge >= 0.3 is 0 Å².